The zero-order chi connectivity index (χ0) is 20.3. The monoisotopic (exact) mass is 396 g/mol. The second kappa shape index (κ2) is 6.23. The van der Waals surface area contributed by atoms with Crippen LogP contribution in [0.15, 0.2) is 12.1 Å². The lowest BCUT2D eigenvalue weighted by Gasteiger charge is -2.49. The van der Waals surface area contributed by atoms with Gasteiger partial charge in [-0.2, -0.15) is 0 Å². The molecule has 1 aromatic rings. The molecule has 1 aromatic carbocycles. The number of carbonyl (C=O) groups excluding carboxylic acids is 5. The number of ether oxygens (including phenoxy) is 1. The molecule has 1 saturated carbocycles. The van der Waals surface area contributed by atoms with Crippen molar-refractivity contribution in [1.29, 1.82) is 0 Å². The molecule has 4 amide bonds. The molecule has 150 valence electrons. The van der Waals surface area contributed by atoms with Crippen molar-refractivity contribution in [2.45, 2.75) is 50.5 Å². The molecule has 8 nitrogen and oxygen atoms in total. The van der Waals surface area contributed by atoms with Crippen LogP contribution in [0.5, 0.6) is 5.75 Å². The third kappa shape index (κ3) is 2.77. The lowest BCUT2D eigenvalue weighted by molar-refractivity contribution is -0.144. The molecule has 1 aliphatic carbocycles. The third-order valence-electron chi connectivity index (χ3n) is 6.77. The summed E-state index contributed by atoms with van der Waals surface area (Å²) in [4.78, 5) is 60.2. The number of benzene rings is 1. The van der Waals surface area contributed by atoms with Gasteiger partial charge in [-0.25, -0.2) is 0 Å². The minimum atomic E-state index is -0.698. The predicted octanol–water partition coefficient (Wildman–Crippen LogP) is 1.06. The molecule has 0 bridgehead atoms. The number of rotatable bonds is 1. The maximum absolute atomic E-state index is 12.6. The average molecular weight is 396 g/mol. The number of ketones is 1. The van der Waals surface area contributed by atoms with Crippen LogP contribution in [0.1, 0.15) is 64.8 Å². The fraction of sp³-hybridized carbons (Fsp3) is 0.476. The van der Waals surface area contributed by atoms with Gasteiger partial charge in [0.1, 0.15) is 17.1 Å². The van der Waals surface area contributed by atoms with E-state index >= 15 is 0 Å². The van der Waals surface area contributed by atoms with E-state index in [1.54, 1.807) is 12.1 Å². The van der Waals surface area contributed by atoms with Crippen LogP contribution in [0.25, 0.3) is 0 Å². The van der Waals surface area contributed by atoms with Gasteiger partial charge in [0.15, 0.2) is 0 Å². The smallest absolute Gasteiger partial charge is 0.259 e. The molecule has 0 radical (unpaired) electrons. The van der Waals surface area contributed by atoms with Gasteiger partial charge in [-0.1, -0.05) is 0 Å². The Morgan fingerprint density at radius 2 is 1.59 bits per heavy atom. The highest BCUT2D eigenvalue weighted by Crippen LogP contribution is 2.49. The molecule has 8 heteroatoms. The topological polar surface area (TPSA) is 119 Å². The molecular weight excluding hydrogens is 376 g/mol. The Bertz CT molecular complexity index is 987. The Labute approximate surface area is 166 Å². The van der Waals surface area contributed by atoms with E-state index in [0.29, 0.717) is 49.8 Å². The lowest BCUT2D eigenvalue weighted by Crippen LogP contribution is -2.57. The Hall–Kier alpha value is -3.03. The van der Waals surface area contributed by atoms with Crippen LogP contribution in [0, 0.1) is 11.8 Å². The molecule has 2 atom stereocenters. The summed E-state index contributed by atoms with van der Waals surface area (Å²) in [6, 6.07) is 3.27. The first-order valence-electron chi connectivity index (χ1n) is 9.93. The lowest BCUT2D eigenvalue weighted by atomic mass is 9.64. The van der Waals surface area contributed by atoms with Crippen molar-refractivity contribution in [2.75, 3.05) is 0 Å². The molecular formula is C21H20N2O6. The number of carbonyl (C=O) groups is 5. The van der Waals surface area contributed by atoms with E-state index in [1.165, 1.54) is 0 Å². The maximum Gasteiger partial charge on any atom is 0.259 e. The first-order chi connectivity index (χ1) is 13.9. The summed E-state index contributed by atoms with van der Waals surface area (Å²) in [7, 11) is 0. The minimum Gasteiger partial charge on any atom is -0.487 e. The zero-order valence-electron chi connectivity index (χ0n) is 15.7. The van der Waals surface area contributed by atoms with Gasteiger partial charge in [0.2, 0.25) is 11.8 Å². The molecule has 2 N–H and O–H groups in total. The van der Waals surface area contributed by atoms with Crippen LogP contribution in [0.4, 0.5) is 0 Å². The van der Waals surface area contributed by atoms with Crippen molar-refractivity contribution in [3.63, 3.8) is 0 Å². The predicted molar refractivity (Wildman–Crippen MR) is 98.1 cm³/mol. The number of piperidine rings is 1. The normalized spacial score (nSPS) is 27.8. The first-order valence-corrected chi connectivity index (χ1v) is 9.93. The number of hydrogen-bond donors (Lipinski definition) is 2. The van der Waals surface area contributed by atoms with Crippen LogP contribution in [0.2, 0.25) is 0 Å². The third-order valence-corrected chi connectivity index (χ3v) is 6.77. The van der Waals surface area contributed by atoms with Crippen LogP contribution in [0.3, 0.4) is 0 Å². The summed E-state index contributed by atoms with van der Waals surface area (Å²) in [5.74, 6) is -1.37. The summed E-state index contributed by atoms with van der Waals surface area (Å²) in [5.41, 5.74) is 0.673. The van der Waals surface area contributed by atoms with E-state index in [-0.39, 0.29) is 35.5 Å². The summed E-state index contributed by atoms with van der Waals surface area (Å²) in [6.07, 6.45) is 2.95. The highest BCUT2D eigenvalue weighted by atomic mass is 16.5. The van der Waals surface area contributed by atoms with Gasteiger partial charge in [-0.05, 0) is 43.4 Å². The van der Waals surface area contributed by atoms with E-state index in [1.807, 2.05) is 0 Å². The first kappa shape index (κ1) is 18.0. The van der Waals surface area contributed by atoms with Crippen molar-refractivity contribution in [2.24, 2.45) is 11.8 Å². The SMILES string of the molecule is O=C1CCC2(CC1)Oc1cc3c(cc1CC2C1CCC(=O)NC1=O)C(=O)NC3=O. The molecule has 3 heterocycles. The summed E-state index contributed by atoms with van der Waals surface area (Å²) in [5, 5.41) is 4.72. The largest absolute Gasteiger partial charge is 0.487 e. The van der Waals surface area contributed by atoms with Crippen LogP contribution in [-0.2, 0) is 20.8 Å². The van der Waals surface area contributed by atoms with Gasteiger partial charge in [0.25, 0.3) is 11.8 Å². The molecule has 1 spiro atoms. The van der Waals surface area contributed by atoms with Gasteiger partial charge in [-0.3, -0.25) is 34.6 Å². The fourth-order valence-electron chi connectivity index (χ4n) is 5.24. The quantitative estimate of drug-likeness (QED) is 0.685. The van der Waals surface area contributed by atoms with Gasteiger partial charge >= 0.3 is 0 Å². The number of hydrogen-bond acceptors (Lipinski definition) is 6. The molecule has 5 rings (SSSR count). The van der Waals surface area contributed by atoms with Crippen molar-refractivity contribution in [3.05, 3.63) is 28.8 Å². The van der Waals surface area contributed by atoms with E-state index in [2.05, 4.69) is 10.6 Å². The molecule has 1 saturated heterocycles. The molecule has 2 fully saturated rings. The van der Waals surface area contributed by atoms with E-state index < -0.39 is 23.3 Å². The number of amides is 4. The van der Waals surface area contributed by atoms with Crippen molar-refractivity contribution >= 4 is 29.4 Å². The molecule has 3 aliphatic heterocycles. The number of imide groups is 2. The van der Waals surface area contributed by atoms with E-state index in [4.69, 9.17) is 4.74 Å². The Balaban J connectivity index is 1.57. The highest BCUT2D eigenvalue weighted by molar-refractivity contribution is 6.21. The average Bonchev–Trinajstić information content (AvgIpc) is 2.96. The molecule has 4 aliphatic rings. The van der Waals surface area contributed by atoms with Crippen molar-refractivity contribution < 1.29 is 28.7 Å². The molecule has 29 heavy (non-hydrogen) atoms. The Kier molecular flexibility index (Phi) is 3.88. The number of fused-ring (bicyclic) bond motifs is 2. The van der Waals surface area contributed by atoms with Crippen LogP contribution < -0.4 is 15.4 Å². The van der Waals surface area contributed by atoms with Gasteiger partial charge in [0.05, 0.1) is 11.1 Å². The van der Waals surface area contributed by atoms with Crippen LogP contribution in [-0.4, -0.2) is 35.0 Å². The van der Waals surface area contributed by atoms with Crippen LogP contribution >= 0.6 is 0 Å². The van der Waals surface area contributed by atoms with Crippen molar-refractivity contribution in [3.8, 4) is 5.75 Å². The summed E-state index contributed by atoms with van der Waals surface area (Å²) < 4.78 is 6.45. The second-order valence-electron chi connectivity index (χ2n) is 8.36. The highest BCUT2D eigenvalue weighted by Gasteiger charge is 2.52. The number of nitrogens with one attached hydrogen (secondary N) is 2. The van der Waals surface area contributed by atoms with Crippen molar-refractivity contribution in [1.82, 2.24) is 10.6 Å². The Morgan fingerprint density at radius 3 is 2.28 bits per heavy atom. The summed E-state index contributed by atoms with van der Waals surface area (Å²) in [6.45, 7) is 0. The van der Waals surface area contributed by atoms with E-state index in [0.717, 1.165) is 5.56 Å². The van der Waals surface area contributed by atoms with Gasteiger partial charge in [-0.15, -0.1) is 0 Å². The second-order valence-corrected chi connectivity index (χ2v) is 8.36. The van der Waals surface area contributed by atoms with Gasteiger partial charge < -0.3 is 4.74 Å². The van der Waals surface area contributed by atoms with Gasteiger partial charge in [0, 0.05) is 31.1 Å². The zero-order valence-corrected chi connectivity index (χ0v) is 15.7. The molecule has 0 aromatic heterocycles. The van der Waals surface area contributed by atoms with E-state index in [9.17, 15) is 24.0 Å². The summed E-state index contributed by atoms with van der Waals surface area (Å²) >= 11 is 0. The Morgan fingerprint density at radius 1 is 0.897 bits per heavy atom. The maximum atomic E-state index is 12.6. The number of Topliss-reactive ketones (excluding diaryl/α,β-unsaturated/α-hetero) is 1. The minimum absolute atomic E-state index is 0.172. The fourth-order valence-corrected chi connectivity index (χ4v) is 5.24. The standard InChI is InChI=1S/C21H20N2O6/c24-11-3-5-21(6-4-11)15(12-1-2-17(25)22-18(12)26)8-10-7-13-14(9-16(10)29-21)20(28)23-19(13)27/h7,9,12,15H,1-6,8H2,(H,22,25,26)(H,23,27,28). The molecule has 2 unspecified atom stereocenters.